The molecular weight excluding hydrogens is 492 g/mol. The van der Waals surface area contributed by atoms with Gasteiger partial charge in [0, 0.05) is 53.8 Å². The predicted octanol–water partition coefficient (Wildman–Crippen LogP) is 4.08. The predicted molar refractivity (Wildman–Crippen MR) is 153 cm³/mol. The summed E-state index contributed by atoms with van der Waals surface area (Å²) in [5, 5.41) is 16.6. The van der Waals surface area contributed by atoms with Crippen LogP contribution >= 0.6 is 0 Å². The molecule has 0 radical (unpaired) electrons. The Kier molecular flexibility index (Phi) is 7.74. The van der Waals surface area contributed by atoms with Crippen molar-refractivity contribution >= 4 is 23.1 Å². The van der Waals surface area contributed by atoms with Crippen molar-refractivity contribution in [3.63, 3.8) is 0 Å². The molecular formula is C29H34N8O2. The molecule has 4 aromatic rings. The monoisotopic (exact) mass is 526 g/mol. The summed E-state index contributed by atoms with van der Waals surface area (Å²) in [5.41, 5.74) is 5.83. The molecule has 0 saturated heterocycles. The fraction of sp³-hybridized carbons (Fsp3) is 0.310. The van der Waals surface area contributed by atoms with E-state index in [1.807, 2.05) is 76.6 Å². The number of benzene rings is 2. The van der Waals surface area contributed by atoms with Crippen LogP contribution in [0.1, 0.15) is 19.4 Å². The fourth-order valence-electron chi connectivity index (χ4n) is 4.36. The van der Waals surface area contributed by atoms with Gasteiger partial charge >= 0.3 is 0 Å². The molecule has 1 atom stereocenters. The van der Waals surface area contributed by atoms with Gasteiger partial charge in [-0.2, -0.15) is 10.1 Å². The summed E-state index contributed by atoms with van der Waals surface area (Å²) in [6.45, 7) is 5.19. The fourth-order valence-corrected chi connectivity index (χ4v) is 4.36. The number of hydrogen-bond acceptors (Lipinski definition) is 8. The van der Waals surface area contributed by atoms with Gasteiger partial charge in [-0.25, -0.2) is 4.98 Å². The van der Waals surface area contributed by atoms with Crippen LogP contribution in [-0.2, 0) is 11.2 Å². The lowest BCUT2D eigenvalue weighted by Crippen LogP contribution is -2.41. The summed E-state index contributed by atoms with van der Waals surface area (Å²) in [6.07, 6.45) is 4.30. The highest BCUT2D eigenvalue weighted by Crippen LogP contribution is 2.32. The number of H-pyrrole nitrogens is 1. The highest BCUT2D eigenvalue weighted by molar-refractivity contribution is 5.88. The van der Waals surface area contributed by atoms with E-state index >= 15 is 0 Å². The van der Waals surface area contributed by atoms with E-state index in [-0.39, 0.29) is 18.0 Å². The van der Waals surface area contributed by atoms with E-state index in [4.69, 9.17) is 14.7 Å². The van der Waals surface area contributed by atoms with Crippen LogP contribution in [-0.4, -0.2) is 70.3 Å². The van der Waals surface area contributed by atoms with Crippen LogP contribution in [0.4, 0.5) is 17.2 Å². The smallest absolute Gasteiger partial charge is 0.243 e. The summed E-state index contributed by atoms with van der Waals surface area (Å²) in [4.78, 5) is 24.1. The van der Waals surface area contributed by atoms with Crippen molar-refractivity contribution in [3.8, 4) is 28.4 Å². The van der Waals surface area contributed by atoms with Gasteiger partial charge in [0.15, 0.2) is 5.82 Å². The maximum atomic E-state index is 12.5. The third-order valence-corrected chi connectivity index (χ3v) is 6.35. The first-order chi connectivity index (χ1) is 18.8. The molecule has 0 aliphatic carbocycles. The van der Waals surface area contributed by atoms with Gasteiger partial charge in [-0.3, -0.25) is 9.89 Å². The average Bonchev–Trinajstić information content (AvgIpc) is 3.59. The molecule has 10 heteroatoms. The zero-order valence-electron chi connectivity index (χ0n) is 22.7. The van der Waals surface area contributed by atoms with Crippen LogP contribution in [0.5, 0.6) is 5.88 Å². The SMILES string of the molecule is CC(C)NC(=O)C1Cc2ccc(-c3nc(Nc4ccc(-c5cn[nH]c5)cc4)cc(OCCN(C)C)n3)cc2N1. The van der Waals surface area contributed by atoms with Crippen molar-refractivity contribution in [2.24, 2.45) is 0 Å². The lowest BCUT2D eigenvalue weighted by molar-refractivity contribution is -0.122. The third kappa shape index (κ3) is 6.53. The normalized spacial score (nSPS) is 14.3. The van der Waals surface area contributed by atoms with Crippen LogP contribution in [0.25, 0.3) is 22.5 Å². The van der Waals surface area contributed by atoms with E-state index in [1.165, 1.54) is 0 Å². The topological polar surface area (TPSA) is 120 Å². The van der Waals surface area contributed by atoms with E-state index in [2.05, 4.69) is 31.0 Å². The highest BCUT2D eigenvalue weighted by atomic mass is 16.5. The molecule has 3 heterocycles. The Morgan fingerprint density at radius 2 is 1.87 bits per heavy atom. The van der Waals surface area contributed by atoms with Crippen molar-refractivity contribution in [1.29, 1.82) is 0 Å². The lowest BCUT2D eigenvalue weighted by Gasteiger charge is -2.14. The van der Waals surface area contributed by atoms with Crippen LogP contribution in [0.3, 0.4) is 0 Å². The largest absolute Gasteiger partial charge is 0.476 e. The van der Waals surface area contributed by atoms with E-state index in [0.29, 0.717) is 30.5 Å². The molecule has 39 heavy (non-hydrogen) atoms. The van der Waals surface area contributed by atoms with Crippen LogP contribution in [0, 0.1) is 0 Å². The Labute approximate surface area is 228 Å². The molecule has 1 aliphatic rings. The molecule has 0 spiro atoms. The molecule has 5 rings (SSSR count). The van der Waals surface area contributed by atoms with Gasteiger partial charge in [-0.1, -0.05) is 24.3 Å². The van der Waals surface area contributed by atoms with Crippen LogP contribution < -0.4 is 20.7 Å². The van der Waals surface area contributed by atoms with Crippen molar-refractivity contribution < 1.29 is 9.53 Å². The van der Waals surface area contributed by atoms with Crippen LogP contribution in [0.2, 0.25) is 0 Å². The molecule has 1 amide bonds. The minimum atomic E-state index is -0.290. The van der Waals surface area contributed by atoms with Crippen molar-refractivity contribution in [1.82, 2.24) is 30.4 Å². The molecule has 4 N–H and O–H groups in total. The van der Waals surface area contributed by atoms with E-state index < -0.39 is 0 Å². The molecule has 2 aromatic heterocycles. The van der Waals surface area contributed by atoms with Gasteiger partial charge in [-0.05, 0) is 57.3 Å². The zero-order chi connectivity index (χ0) is 27.4. The molecule has 2 aromatic carbocycles. The Balaban J connectivity index is 1.39. The standard InChI is InChI=1S/C29H34N8O2/c1-18(2)32-29(38)25-13-20-5-6-21(14-24(20)34-25)28-35-26(15-27(36-28)39-12-11-37(3)4)33-23-9-7-19(8-10-23)22-16-30-31-17-22/h5-10,14-18,25,34H,11-13H2,1-4H3,(H,30,31)(H,32,38)(H,33,35,36). The second kappa shape index (κ2) is 11.5. The van der Waals surface area contributed by atoms with Crippen molar-refractivity contribution in [2.45, 2.75) is 32.4 Å². The second-order valence-corrected chi connectivity index (χ2v) is 10.2. The maximum absolute atomic E-state index is 12.5. The molecule has 10 nitrogen and oxygen atoms in total. The number of nitrogens with one attached hydrogen (secondary N) is 4. The Morgan fingerprint density at radius 1 is 1.08 bits per heavy atom. The summed E-state index contributed by atoms with van der Waals surface area (Å²) in [6, 6.07) is 15.7. The Hall–Kier alpha value is -4.44. The molecule has 202 valence electrons. The van der Waals surface area contributed by atoms with Crippen LogP contribution in [0.15, 0.2) is 60.9 Å². The number of carbonyl (C=O) groups excluding carboxylic acids is 1. The number of anilines is 3. The minimum absolute atomic E-state index is 0.000522. The number of ether oxygens (including phenoxy) is 1. The number of likely N-dealkylation sites (N-methyl/N-ethyl adjacent to an activating group) is 1. The number of hydrogen-bond donors (Lipinski definition) is 4. The van der Waals surface area contributed by atoms with Gasteiger partial charge in [0.2, 0.25) is 11.8 Å². The van der Waals surface area contributed by atoms with Gasteiger partial charge in [0.25, 0.3) is 0 Å². The summed E-state index contributed by atoms with van der Waals surface area (Å²) < 4.78 is 5.99. The number of fused-ring (bicyclic) bond motifs is 1. The van der Waals surface area contributed by atoms with E-state index in [1.54, 1.807) is 12.3 Å². The third-order valence-electron chi connectivity index (χ3n) is 6.35. The number of amides is 1. The number of aromatic nitrogens is 4. The molecule has 0 bridgehead atoms. The van der Waals surface area contributed by atoms with Gasteiger partial charge in [0.1, 0.15) is 18.5 Å². The summed E-state index contributed by atoms with van der Waals surface area (Å²) >= 11 is 0. The zero-order valence-corrected chi connectivity index (χ0v) is 22.7. The first kappa shape index (κ1) is 26.2. The summed E-state index contributed by atoms with van der Waals surface area (Å²) in [5.74, 6) is 1.65. The van der Waals surface area contributed by atoms with E-state index in [0.717, 1.165) is 40.2 Å². The molecule has 1 unspecified atom stereocenters. The number of carbonyl (C=O) groups is 1. The molecule has 0 fully saturated rings. The molecule has 1 aliphatic heterocycles. The quantitative estimate of drug-likeness (QED) is 0.244. The first-order valence-electron chi connectivity index (χ1n) is 13.1. The average molecular weight is 527 g/mol. The number of nitrogens with zero attached hydrogens (tertiary/aromatic N) is 4. The van der Waals surface area contributed by atoms with Crippen molar-refractivity contribution in [3.05, 3.63) is 66.5 Å². The van der Waals surface area contributed by atoms with Gasteiger partial charge < -0.3 is 25.6 Å². The second-order valence-electron chi connectivity index (χ2n) is 10.2. The Morgan fingerprint density at radius 3 is 2.59 bits per heavy atom. The lowest BCUT2D eigenvalue weighted by atomic mass is 10.1. The number of rotatable bonds is 10. The molecule has 0 saturated carbocycles. The summed E-state index contributed by atoms with van der Waals surface area (Å²) in [7, 11) is 4.00. The first-order valence-corrected chi connectivity index (χ1v) is 13.1. The Bertz CT molecular complexity index is 1420. The van der Waals surface area contributed by atoms with E-state index in [9.17, 15) is 4.79 Å². The minimum Gasteiger partial charge on any atom is -0.476 e. The highest BCUT2D eigenvalue weighted by Gasteiger charge is 2.27. The van der Waals surface area contributed by atoms with Crippen molar-refractivity contribution in [2.75, 3.05) is 37.9 Å². The van der Waals surface area contributed by atoms with Gasteiger partial charge in [0.05, 0.1) is 6.20 Å². The maximum Gasteiger partial charge on any atom is 0.243 e. The van der Waals surface area contributed by atoms with Gasteiger partial charge in [-0.15, -0.1) is 0 Å². The number of aromatic amines is 1.